The highest BCUT2D eigenvalue weighted by atomic mass is 16.5. The fourth-order valence-corrected chi connectivity index (χ4v) is 3.43. The summed E-state index contributed by atoms with van der Waals surface area (Å²) in [6.07, 6.45) is 0.902. The maximum absolute atomic E-state index is 12.4. The highest BCUT2D eigenvalue weighted by molar-refractivity contribution is 6.03. The van der Waals surface area contributed by atoms with Gasteiger partial charge in [0.1, 0.15) is 17.1 Å². The smallest absolute Gasteiger partial charge is 0.254 e. The van der Waals surface area contributed by atoms with Crippen molar-refractivity contribution in [2.75, 3.05) is 11.1 Å². The van der Waals surface area contributed by atoms with Gasteiger partial charge in [0.05, 0.1) is 12.1 Å². The maximum atomic E-state index is 12.4. The van der Waals surface area contributed by atoms with Gasteiger partial charge in [-0.05, 0) is 31.2 Å². The molecule has 0 atom stereocenters. The van der Waals surface area contributed by atoms with Gasteiger partial charge in [-0.2, -0.15) is 5.10 Å². The molecule has 9 heteroatoms. The first-order valence-electron chi connectivity index (χ1n) is 10.5. The molecule has 1 aromatic carbocycles. The van der Waals surface area contributed by atoms with Gasteiger partial charge < -0.3 is 16.0 Å². The van der Waals surface area contributed by atoms with E-state index in [0.717, 1.165) is 17.7 Å². The molecule has 170 valence electrons. The van der Waals surface area contributed by atoms with Crippen LogP contribution in [0.2, 0.25) is 0 Å². The van der Waals surface area contributed by atoms with E-state index in [-0.39, 0.29) is 35.2 Å². The summed E-state index contributed by atoms with van der Waals surface area (Å²) in [6.45, 7) is 10.2. The Morgan fingerprint density at radius 3 is 2.41 bits per heavy atom. The van der Waals surface area contributed by atoms with Gasteiger partial charge in [-0.15, -0.1) is 0 Å². The molecule has 0 aliphatic carbocycles. The molecule has 3 aromatic rings. The number of carbonyl (C=O) groups excluding carboxylic acids is 2. The lowest BCUT2D eigenvalue weighted by Gasteiger charge is -2.14. The van der Waals surface area contributed by atoms with Crippen molar-refractivity contribution in [3.63, 3.8) is 0 Å². The van der Waals surface area contributed by atoms with E-state index in [1.807, 2.05) is 13.8 Å². The van der Waals surface area contributed by atoms with E-state index in [1.54, 1.807) is 35.0 Å². The summed E-state index contributed by atoms with van der Waals surface area (Å²) in [6, 6.07) is 8.90. The van der Waals surface area contributed by atoms with Crippen molar-refractivity contribution in [3.8, 4) is 11.3 Å². The summed E-state index contributed by atoms with van der Waals surface area (Å²) in [4.78, 5) is 24.3. The summed E-state index contributed by atoms with van der Waals surface area (Å²) >= 11 is 0. The number of hydrogen-bond donors (Lipinski definition) is 3. The van der Waals surface area contributed by atoms with Crippen LogP contribution in [-0.2, 0) is 17.6 Å². The Kier molecular flexibility index (Phi) is 6.38. The third-order valence-corrected chi connectivity index (χ3v) is 4.81. The average Bonchev–Trinajstić information content (AvgIpc) is 3.24. The number of hydrogen-bond acceptors (Lipinski definition) is 6. The van der Waals surface area contributed by atoms with Crippen molar-refractivity contribution in [1.82, 2.24) is 14.9 Å². The molecule has 2 amide bonds. The summed E-state index contributed by atoms with van der Waals surface area (Å²) < 4.78 is 6.79. The Labute approximate surface area is 187 Å². The van der Waals surface area contributed by atoms with Crippen LogP contribution in [0.4, 0.5) is 11.7 Å². The van der Waals surface area contributed by atoms with Crippen LogP contribution >= 0.6 is 0 Å². The lowest BCUT2D eigenvalue weighted by Crippen LogP contribution is -2.15. The zero-order valence-corrected chi connectivity index (χ0v) is 19.1. The van der Waals surface area contributed by atoms with Crippen molar-refractivity contribution in [2.24, 2.45) is 11.1 Å². The quantitative estimate of drug-likeness (QED) is 0.515. The molecule has 0 aliphatic heterocycles. The molecule has 5 N–H and O–H groups in total. The number of primary amides is 1. The number of nitrogens with one attached hydrogen (secondary N) is 1. The number of nitrogens with two attached hydrogens (primary N) is 2. The third-order valence-electron chi connectivity index (χ3n) is 4.81. The minimum Gasteiger partial charge on any atom is -0.383 e. The first-order chi connectivity index (χ1) is 14.9. The van der Waals surface area contributed by atoms with Gasteiger partial charge in [-0.25, -0.2) is 4.68 Å². The lowest BCUT2D eigenvalue weighted by molar-refractivity contribution is -0.115. The zero-order valence-electron chi connectivity index (χ0n) is 19.1. The van der Waals surface area contributed by atoms with Gasteiger partial charge in [0.25, 0.3) is 5.91 Å². The molecule has 0 spiro atoms. The highest BCUT2D eigenvalue weighted by Gasteiger charge is 2.22. The Morgan fingerprint density at radius 1 is 1.19 bits per heavy atom. The van der Waals surface area contributed by atoms with Crippen LogP contribution in [0.3, 0.4) is 0 Å². The van der Waals surface area contributed by atoms with E-state index >= 15 is 0 Å². The van der Waals surface area contributed by atoms with Crippen LogP contribution < -0.4 is 16.8 Å². The summed E-state index contributed by atoms with van der Waals surface area (Å²) in [7, 11) is 0. The summed E-state index contributed by atoms with van der Waals surface area (Å²) in [5.41, 5.74) is 14.6. The number of aromatic nitrogens is 3. The Balaban J connectivity index is 1.71. The molecular formula is C23H30N6O3. The summed E-state index contributed by atoms with van der Waals surface area (Å²) in [5.74, 6) is -0.288. The SMILES string of the molecule is CC(C)n1nc(-c2ccc(CC(=O)Nc3cc(CC(C)(C)C)no3)cc2)c(C(N)=O)c1N. The second-order valence-electron chi connectivity index (χ2n) is 9.35. The minimum absolute atomic E-state index is 0.0233. The van der Waals surface area contributed by atoms with Gasteiger partial charge in [0.2, 0.25) is 11.8 Å². The van der Waals surface area contributed by atoms with Crippen LogP contribution in [0.25, 0.3) is 11.3 Å². The first kappa shape index (κ1) is 23.1. The van der Waals surface area contributed by atoms with Gasteiger partial charge in [0, 0.05) is 17.7 Å². The highest BCUT2D eigenvalue weighted by Crippen LogP contribution is 2.29. The van der Waals surface area contributed by atoms with Crippen LogP contribution in [-0.4, -0.2) is 26.8 Å². The fraction of sp³-hybridized carbons (Fsp3) is 0.391. The maximum Gasteiger partial charge on any atom is 0.254 e. The first-order valence-corrected chi connectivity index (χ1v) is 10.5. The number of nitrogen functional groups attached to an aromatic ring is 1. The van der Waals surface area contributed by atoms with Crippen LogP contribution in [0, 0.1) is 5.41 Å². The van der Waals surface area contributed by atoms with E-state index < -0.39 is 5.91 Å². The third kappa shape index (κ3) is 5.35. The predicted molar refractivity (Wildman–Crippen MR) is 123 cm³/mol. The molecule has 0 bridgehead atoms. The van der Waals surface area contributed by atoms with Crippen molar-refractivity contribution in [3.05, 3.63) is 47.2 Å². The van der Waals surface area contributed by atoms with Gasteiger partial charge >= 0.3 is 0 Å². The van der Waals surface area contributed by atoms with E-state index in [0.29, 0.717) is 17.1 Å². The molecule has 32 heavy (non-hydrogen) atoms. The number of anilines is 2. The molecule has 0 fully saturated rings. The number of amides is 2. The van der Waals surface area contributed by atoms with E-state index in [1.165, 1.54) is 0 Å². The predicted octanol–water partition coefficient (Wildman–Crippen LogP) is 3.57. The largest absolute Gasteiger partial charge is 0.383 e. The van der Waals surface area contributed by atoms with Crippen molar-refractivity contribution in [2.45, 2.75) is 53.5 Å². The van der Waals surface area contributed by atoms with E-state index in [2.05, 4.69) is 36.3 Å². The molecular weight excluding hydrogens is 408 g/mol. The van der Waals surface area contributed by atoms with Crippen LogP contribution in [0.1, 0.15) is 62.3 Å². The van der Waals surface area contributed by atoms with Crippen molar-refractivity contribution in [1.29, 1.82) is 0 Å². The van der Waals surface area contributed by atoms with Crippen molar-refractivity contribution >= 4 is 23.5 Å². The van der Waals surface area contributed by atoms with Gasteiger partial charge in [0.15, 0.2) is 0 Å². The topological polar surface area (TPSA) is 142 Å². The molecule has 2 aromatic heterocycles. The molecule has 9 nitrogen and oxygen atoms in total. The number of benzene rings is 1. The number of rotatable bonds is 7. The van der Waals surface area contributed by atoms with Gasteiger partial charge in [-0.3, -0.25) is 14.9 Å². The minimum atomic E-state index is -0.634. The molecule has 3 rings (SSSR count). The number of nitrogens with zero attached hydrogens (tertiary/aromatic N) is 3. The normalized spacial score (nSPS) is 11.7. The molecule has 0 saturated heterocycles. The number of carbonyl (C=O) groups is 2. The monoisotopic (exact) mass is 438 g/mol. The lowest BCUT2D eigenvalue weighted by atomic mass is 9.91. The van der Waals surface area contributed by atoms with Gasteiger partial charge in [-0.1, -0.05) is 50.2 Å². The van der Waals surface area contributed by atoms with Crippen molar-refractivity contribution < 1.29 is 14.1 Å². The second kappa shape index (κ2) is 8.86. The van der Waals surface area contributed by atoms with E-state index in [9.17, 15) is 9.59 Å². The summed E-state index contributed by atoms with van der Waals surface area (Å²) in [5, 5.41) is 11.2. The molecule has 0 radical (unpaired) electrons. The second-order valence-corrected chi connectivity index (χ2v) is 9.35. The Bertz CT molecular complexity index is 1120. The Morgan fingerprint density at radius 2 is 1.84 bits per heavy atom. The fourth-order valence-electron chi connectivity index (χ4n) is 3.43. The Hall–Kier alpha value is -3.62. The van der Waals surface area contributed by atoms with Crippen LogP contribution in [0.15, 0.2) is 34.9 Å². The molecule has 0 aliphatic rings. The zero-order chi connectivity index (χ0) is 23.6. The molecule has 0 saturated carbocycles. The molecule has 0 unspecified atom stereocenters. The standard InChI is InChI=1S/C23H30N6O3/c1-13(2)29-21(24)19(22(25)31)20(27-29)15-8-6-14(7-9-15)10-17(30)26-18-11-16(28-32-18)12-23(3,4)5/h6-9,11,13H,10,12,24H2,1-5H3,(H2,25,31)(H,26,30). The molecule has 2 heterocycles. The van der Waals surface area contributed by atoms with E-state index in [4.69, 9.17) is 16.0 Å². The van der Waals surface area contributed by atoms with Crippen LogP contribution in [0.5, 0.6) is 0 Å². The average molecular weight is 439 g/mol.